The second-order valence-corrected chi connectivity index (χ2v) is 4.97. The van der Waals surface area contributed by atoms with Gasteiger partial charge < -0.3 is 9.15 Å². The highest BCUT2D eigenvalue weighted by atomic mass is 79.9. The first-order valence-electron chi connectivity index (χ1n) is 5.27. The molecule has 0 saturated carbocycles. The maximum atomic E-state index is 12.0. The van der Waals surface area contributed by atoms with E-state index in [-0.39, 0.29) is 11.5 Å². The third-order valence-electron chi connectivity index (χ3n) is 2.32. The molecule has 0 fully saturated rings. The molecule has 2 aromatic rings. The molecule has 0 spiro atoms. The summed E-state index contributed by atoms with van der Waals surface area (Å²) in [6.45, 7) is 1.66. The fourth-order valence-corrected chi connectivity index (χ4v) is 2.03. The van der Waals surface area contributed by atoms with Crippen LogP contribution in [0.4, 0.5) is 0 Å². The summed E-state index contributed by atoms with van der Waals surface area (Å²) in [5.41, 5.74) is 0. The van der Waals surface area contributed by atoms with Gasteiger partial charge in [0, 0.05) is 5.02 Å². The summed E-state index contributed by atoms with van der Waals surface area (Å²) in [7, 11) is 0. The fourth-order valence-electron chi connectivity index (χ4n) is 1.45. The number of carbonyl (C=O) groups is 1. The molecule has 0 radical (unpaired) electrons. The Balaban J connectivity index is 2.11. The van der Waals surface area contributed by atoms with E-state index in [1.165, 1.54) is 6.26 Å². The molecule has 1 unspecified atom stereocenters. The molecule has 2 rings (SSSR count). The van der Waals surface area contributed by atoms with Crippen LogP contribution in [-0.4, -0.2) is 11.9 Å². The van der Waals surface area contributed by atoms with E-state index in [9.17, 15) is 4.79 Å². The predicted molar refractivity (Wildman–Crippen MR) is 72.3 cm³/mol. The summed E-state index contributed by atoms with van der Waals surface area (Å²) in [5.74, 6) is 0.572. The smallest absolute Gasteiger partial charge is 0.239 e. The number of hydrogen-bond acceptors (Lipinski definition) is 3. The summed E-state index contributed by atoms with van der Waals surface area (Å²) in [6, 6.07) is 8.57. The molecule has 1 atom stereocenters. The quantitative estimate of drug-likeness (QED) is 0.783. The van der Waals surface area contributed by atoms with Crippen molar-refractivity contribution in [1.29, 1.82) is 0 Å². The van der Waals surface area contributed by atoms with E-state index in [2.05, 4.69) is 15.9 Å². The SMILES string of the molecule is CC(Oc1cccc(Cl)c1)C(=O)c1occc1Br. The van der Waals surface area contributed by atoms with Gasteiger partial charge in [-0.15, -0.1) is 0 Å². The van der Waals surface area contributed by atoms with Crippen LogP contribution in [0.5, 0.6) is 5.75 Å². The molecule has 0 aliphatic rings. The highest BCUT2D eigenvalue weighted by Gasteiger charge is 2.22. The first kappa shape index (κ1) is 13.2. The molecule has 18 heavy (non-hydrogen) atoms. The van der Waals surface area contributed by atoms with Gasteiger partial charge >= 0.3 is 0 Å². The summed E-state index contributed by atoms with van der Waals surface area (Å²) in [6.07, 6.45) is 0.801. The molecule has 1 aromatic carbocycles. The monoisotopic (exact) mass is 328 g/mol. The lowest BCUT2D eigenvalue weighted by molar-refractivity contribution is 0.0788. The molecule has 1 heterocycles. The molecule has 0 aliphatic carbocycles. The average Bonchev–Trinajstić information content (AvgIpc) is 2.74. The summed E-state index contributed by atoms with van der Waals surface area (Å²) < 4.78 is 11.2. The van der Waals surface area contributed by atoms with Gasteiger partial charge in [0.2, 0.25) is 5.78 Å². The molecule has 0 N–H and O–H groups in total. The fraction of sp³-hybridized carbons (Fsp3) is 0.154. The lowest BCUT2D eigenvalue weighted by Gasteiger charge is -2.12. The van der Waals surface area contributed by atoms with Crippen molar-refractivity contribution >= 4 is 33.3 Å². The van der Waals surface area contributed by atoms with E-state index in [1.807, 2.05) is 0 Å². The summed E-state index contributed by atoms with van der Waals surface area (Å²) in [5, 5.41) is 0.561. The number of furan rings is 1. The van der Waals surface area contributed by atoms with Crippen molar-refractivity contribution in [3.8, 4) is 5.75 Å². The highest BCUT2D eigenvalue weighted by molar-refractivity contribution is 9.10. The van der Waals surface area contributed by atoms with Gasteiger partial charge in [0.05, 0.1) is 10.7 Å². The zero-order chi connectivity index (χ0) is 13.1. The zero-order valence-electron chi connectivity index (χ0n) is 9.52. The van der Waals surface area contributed by atoms with Gasteiger partial charge in [-0.2, -0.15) is 0 Å². The summed E-state index contributed by atoms with van der Waals surface area (Å²) in [4.78, 5) is 12.0. The molecule has 0 amide bonds. The van der Waals surface area contributed by atoms with Gasteiger partial charge in [-0.1, -0.05) is 17.7 Å². The number of ketones is 1. The number of rotatable bonds is 4. The van der Waals surface area contributed by atoms with Gasteiger partial charge in [0.15, 0.2) is 11.9 Å². The Morgan fingerprint density at radius 2 is 2.22 bits per heavy atom. The molecule has 0 bridgehead atoms. The van der Waals surface area contributed by atoms with Crippen LogP contribution in [0, 0.1) is 0 Å². The number of hydrogen-bond donors (Lipinski definition) is 0. The molecule has 0 saturated heterocycles. The van der Waals surface area contributed by atoms with Crippen LogP contribution in [0.2, 0.25) is 5.02 Å². The Morgan fingerprint density at radius 3 is 2.83 bits per heavy atom. The van der Waals surface area contributed by atoms with Crippen molar-refractivity contribution in [2.45, 2.75) is 13.0 Å². The maximum absolute atomic E-state index is 12.0. The third-order valence-corrected chi connectivity index (χ3v) is 3.18. The Hall–Kier alpha value is -1.26. The lowest BCUT2D eigenvalue weighted by Crippen LogP contribution is -2.23. The van der Waals surface area contributed by atoms with E-state index >= 15 is 0 Å². The summed E-state index contributed by atoms with van der Waals surface area (Å²) >= 11 is 9.08. The standard InChI is InChI=1S/C13H10BrClO3/c1-8(12(16)13-11(14)5-6-17-13)18-10-4-2-3-9(15)7-10/h2-8H,1H3. The van der Waals surface area contributed by atoms with E-state index in [0.717, 1.165) is 0 Å². The van der Waals surface area contributed by atoms with Crippen LogP contribution in [-0.2, 0) is 0 Å². The Kier molecular flexibility index (Phi) is 4.09. The van der Waals surface area contributed by atoms with Gasteiger partial charge in [0.1, 0.15) is 5.75 Å². The van der Waals surface area contributed by atoms with E-state index in [4.69, 9.17) is 20.8 Å². The van der Waals surface area contributed by atoms with Crippen molar-refractivity contribution in [2.75, 3.05) is 0 Å². The van der Waals surface area contributed by atoms with Crippen LogP contribution in [0.25, 0.3) is 0 Å². The molecular formula is C13H10BrClO3. The van der Waals surface area contributed by atoms with E-state index < -0.39 is 6.10 Å². The molecule has 94 valence electrons. The Labute approximate surface area is 118 Å². The van der Waals surface area contributed by atoms with E-state index in [0.29, 0.717) is 15.2 Å². The van der Waals surface area contributed by atoms with Crippen molar-refractivity contribution in [2.24, 2.45) is 0 Å². The third kappa shape index (κ3) is 2.94. The second kappa shape index (κ2) is 5.59. The van der Waals surface area contributed by atoms with Gasteiger partial charge in [-0.05, 0) is 47.1 Å². The molecular weight excluding hydrogens is 319 g/mol. The maximum Gasteiger partial charge on any atom is 0.239 e. The number of ether oxygens (including phenoxy) is 1. The van der Waals surface area contributed by atoms with E-state index in [1.54, 1.807) is 37.3 Å². The minimum Gasteiger partial charge on any atom is -0.482 e. The van der Waals surface area contributed by atoms with Crippen LogP contribution in [0.1, 0.15) is 17.5 Å². The van der Waals surface area contributed by atoms with Crippen LogP contribution < -0.4 is 4.74 Å². The number of benzene rings is 1. The van der Waals surface area contributed by atoms with Crippen molar-refractivity contribution in [1.82, 2.24) is 0 Å². The Bertz CT molecular complexity index is 565. The minimum absolute atomic E-state index is 0.230. The predicted octanol–water partition coefficient (Wildman–Crippen LogP) is 4.35. The second-order valence-electron chi connectivity index (χ2n) is 3.68. The van der Waals surface area contributed by atoms with Crippen molar-refractivity contribution < 1.29 is 13.9 Å². The molecule has 1 aromatic heterocycles. The lowest BCUT2D eigenvalue weighted by atomic mass is 10.2. The van der Waals surface area contributed by atoms with Gasteiger partial charge in [-0.3, -0.25) is 4.79 Å². The number of halogens is 2. The van der Waals surface area contributed by atoms with Gasteiger partial charge in [0.25, 0.3) is 0 Å². The zero-order valence-corrected chi connectivity index (χ0v) is 11.9. The normalized spacial score (nSPS) is 12.2. The first-order chi connectivity index (χ1) is 8.58. The van der Waals surface area contributed by atoms with Crippen LogP contribution in [0.15, 0.2) is 45.5 Å². The molecule has 0 aliphatic heterocycles. The Morgan fingerprint density at radius 1 is 1.44 bits per heavy atom. The molecule has 5 heteroatoms. The first-order valence-corrected chi connectivity index (χ1v) is 6.44. The van der Waals surface area contributed by atoms with Crippen LogP contribution in [0.3, 0.4) is 0 Å². The highest BCUT2D eigenvalue weighted by Crippen LogP contribution is 2.22. The minimum atomic E-state index is -0.647. The number of carbonyl (C=O) groups excluding carboxylic acids is 1. The largest absolute Gasteiger partial charge is 0.482 e. The van der Waals surface area contributed by atoms with Crippen molar-refractivity contribution in [3.63, 3.8) is 0 Å². The van der Waals surface area contributed by atoms with Gasteiger partial charge in [-0.25, -0.2) is 0 Å². The van der Waals surface area contributed by atoms with Crippen LogP contribution >= 0.6 is 27.5 Å². The number of Topliss-reactive ketones (excluding diaryl/α,β-unsaturated/α-hetero) is 1. The topological polar surface area (TPSA) is 39.4 Å². The molecule has 3 nitrogen and oxygen atoms in total. The van der Waals surface area contributed by atoms with Crippen molar-refractivity contribution in [3.05, 3.63) is 51.9 Å². The average molecular weight is 330 g/mol.